The molecule has 0 spiro atoms. The SMILES string of the molecule is CC(C)c1nnc(C2COCCN2)s1. The van der Waals surface area contributed by atoms with Crippen molar-refractivity contribution in [1.82, 2.24) is 15.5 Å². The summed E-state index contributed by atoms with van der Waals surface area (Å²) in [6.45, 7) is 6.69. The molecule has 0 aliphatic carbocycles. The molecule has 1 aromatic rings. The minimum atomic E-state index is 0.244. The van der Waals surface area contributed by atoms with Crippen LogP contribution in [0.4, 0.5) is 0 Å². The molecule has 0 radical (unpaired) electrons. The molecule has 1 saturated heterocycles. The van der Waals surface area contributed by atoms with E-state index in [1.807, 2.05) is 0 Å². The maximum absolute atomic E-state index is 5.38. The Morgan fingerprint density at radius 2 is 2.36 bits per heavy atom. The highest BCUT2D eigenvalue weighted by atomic mass is 32.1. The smallest absolute Gasteiger partial charge is 0.136 e. The first-order valence-corrected chi connectivity index (χ1v) is 5.73. The molecule has 0 amide bonds. The van der Waals surface area contributed by atoms with Gasteiger partial charge in [0.15, 0.2) is 0 Å². The summed E-state index contributed by atoms with van der Waals surface area (Å²) in [5.74, 6) is 0.464. The van der Waals surface area contributed by atoms with E-state index in [-0.39, 0.29) is 6.04 Å². The number of hydrogen-bond donors (Lipinski definition) is 1. The summed E-state index contributed by atoms with van der Waals surface area (Å²) >= 11 is 1.68. The summed E-state index contributed by atoms with van der Waals surface area (Å²) < 4.78 is 5.38. The molecule has 1 atom stereocenters. The molecule has 14 heavy (non-hydrogen) atoms. The minimum absolute atomic E-state index is 0.244. The number of hydrogen-bond acceptors (Lipinski definition) is 5. The van der Waals surface area contributed by atoms with Gasteiger partial charge in [-0.1, -0.05) is 25.2 Å². The van der Waals surface area contributed by atoms with Crippen LogP contribution in [0.15, 0.2) is 0 Å². The Kier molecular flexibility index (Phi) is 3.10. The van der Waals surface area contributed by atoms with Crippen molar-refractivity contribution >= 4 is 11.3 Å². The number of nitrogens with zero attached hydrogens (tertiary/aromatic N) is 2. The molecule has 1 N–H and O–H groups in total. The molecule has 1 aliphatic rings. The molecule has 4 nitrogen and oxygen atoms in total. The summed E-state index contributed by atoms with van der Waals surface area (Å²) in [4.78, 5) is 0. The molecule has 2 rings (SSSR count). The number of ether oxygens (including phenoxy) is 1. The molecule has 0 bridgehead atoms. The molecule has 1 unspecified atom stereocenters. The Morgan fingerprint density at radius 1 is 1.50 bits per heavy atom. The summed E-state index contributed by atoms with van der Waals surface area (Å²) in [5, 5.41) is 13.9. The summed E-state index contributed by atoms with van der Waals surface area (Å²) in [7, 11) is 0. The average molecular weight is 213 g/mol. The number of aromatic nitrogens is 2. The lowest BCUT2D eigenvalue weighted by Gasteiger charge is -2.21. The van der Waals surface area contributed by atoms with Gasteiger partial charge in [0.1, 0.15) is 10.0 Å². The third-order valence-corrected chi connectivity index (χ3v) is 3.51. The maximum atomic E-state index is 5.38. The maximum Gasteiger partial charge on any atom is 0.136 e. The van der Waals surface area contributed by atoms with Crippen LogP contribution >= 0.6 is 11.3 Å². The lowest BCUT2D eigenvalue weighted by atomic mass is 10.2. The molecule has 0 saturated carbocycles. The molecule has 0 aromatic carbocycles. The lowest BCUT2D eigenvalue weighted by Crippen LogP contribution is -2.34. The molecule has 5 heteroatoms. The van der Waals surface area contributed by atoms with Crippen LogP contribution in [0.3, 0.4) is 0 Å². The van der Waals surface area contributed by atoms with Gasteiger partial charge in [0.05, 0.1) is 19.3 Å². The average Bonchev–Trinajstić information content (AvgIpc) is 2.68. The highest BCUT2D eigenvalue weighted by Gasteiger charge is 2.20. The van der Waals surface area contributed by atoms with Crippen molar-refractivity contribution in [1.29, 1.82) is 0 Å². The van der Waals surface area contributed by atoms with E-state index in [0.29, 0.717) is 12.5 Å². The van der Waals surface area contributed by atoms with Crippen LogP contribution in [-0.4, -0.2) is 30.0 Å². The zero-order chi connectivity index (χ0) is 9.97. The fourth-order valence-electron chi connectivity index (χ4n) is 1.34. The lowest BCUT2D eigenvalue weighted by molar-refractivity contribution is 0.0766. The Balaban J connectivity index is 2.07. The van der Waals surface area contributed by atoms with E-state index in [1.54, 1.807) is 11.3 Å². The first-order chi connectivity index (χ1) is 6.77. The second-order valence-electron chi connectivity index (χ2n) is 3.71. The van der Waals surface area contributed by atoms with Crippen molar-refractivity contribution in [2.45, 2.75) is 25.8 Å². The van der Waals surface area contributed by atoms with Crippen LogP contribution in [0.2, 0.25) is 0 Å². The van der Waals surface area contributed by atoms with E-state index in [2.05, 4.69) is 29.4 Å². The summed E-state index contributed by atoms with van der Waals surface area (Å²) in [5.41, 5.74) is 0. The Morgan fingerprint density at radius 3 is 2.93 bits per heavy atom. The number of morpholine rings is 1. The van der Waals surface area contributed by atoms with Crippen molar-refractivity contribution in [3.63, 3.8) is 0 Å². The molecule has 78 valence electrons. The van der Waals surface area contributed by atoms with E-state index in [1.165, 1.54) is 0 Å². The third kappa shape index (κ3) is 2.10. The van der Waals surface area contributed by atoms with Gasteiger partial charge in [-0.3, -0.25) is 0 Å². The van der Waals surface area contributed by atoms with E-state index in [9.17, 15) is 0 Å². The summed E-state index contributed by atoms with van der Waals surface area (Å²) in [6, 6.07) is 0.244. The molecule has 1 fully saturated rings. The highest BCUT2D eigenvalue weighted by Crippen LogP contribution is 2.24. The minimum Gasteiger partial charge on any atom is -0.378 e. The zero-order valence-corrected chi connectivity index (χ0v) is 9.30. The van der Waals surface area contributed by atoms with Gasteiger partial charge in [0.25, 0.3) is 0 Å². The highest BCUT2D eigenvalue weighted by molar-refractivity contribution is 7.11. The predicted molar refractivity (Wildman–Crippen MR) is 55.6 cm³/mol. The molecular weight excluding hydrogens is 198 g/mol. The van der Waals surface area contributed by atoms with Crippen LogP contribution in [0, 0.1) is 0 Å². The van der Waals surface area contributed by atoms with E-state index >= 15 is 0 Å². The molecule has 1 aromatic heterocycles. The van der Waals surface area contributed by atoms with Gasteiger partial charge in [-0.2, -0.15) is 0 Å². The normalized spacial score (nSPS) is 22.9. The van der Waals surface area contributed by atoms with Crippen molar-refractivity contribution in [2.24, 2.45) is 0 Å². The van der Waals surface area contributed by atoms with Crippen molar-refractivity contribution in [2.75, 3.05) is 19.8 Å². The third-order valence-electron chi connectivity index (χ3n) is 2.17. The van der Waals surface area contributed by atoms with Crippen LogP contribution < -0.4 is 5.32 Å². The Hall–Kier alpha value is -0.520. The van der Waals surface area contributed by atoms with Crippen LogP contribution in [0.5, 0.6) is 0 Å². The largest absolute Gasteiger partial charge is 0.378 e. The second-order valence-corrected chi connectivity index (χ2v) is 4.76. The van der Waals surface area contributed by atoms with E-state index in [0.717, 1.165) is 23.2 Å². The zero-order valence-electron chi connectivity index (χ0n) is 8.49. The quantitative estimate of drug-likeness (QED) is 0.805. The monoisotopic (exact) mass is 213 g/mol. The van der Waals surface area contributed by atoms with Gasteiger partial charge in [0.2, 0.25) is 0 Å². The van der Waals surface area contributed by atoms with Crippen LogP contribution in [0.25, 0.3) is 0 Å². The predicted octanol–water partition coefficient (Wildman–Crippen LogP) is 1.32. The van der Waals surface area contributed by atoms with Crippen LogP contribution in [-0.2, 0) is 4.74 Å². The molecule has 1 aliphatic heterocycles. The van der Waals surface area contributed by atoms with Gasteiger partial charge in [-0.25, -0.2) is 0 Å². The number of rotatable bonds is 2. The van der Waals surface area contributed by atoms with Crippen molar-refractivity contribution in [3.8, 4) is 0 Å². The molecular formula is C9H15N3OS. The van der Waals surface area contributed by atoms with Gasteiger partial charge in [-0.05, 0) is 0 Å². The second kappa shape index (κ2) is 4.33. The van der Waals surface area contributed by atoms with E-state index in [4.69, 9.17) is 4.74 Å². The van der Waals surface area contributed by atoms with Gasteiger partial charge < -0.3 is 10.1 Å². The topological polar surface area (TPSA) is 47.0 Å². The molecule has 2 heterocycles. The first-order valence-electron chi connectivity index (χ1n) is 4.92. The fourth-order valence-corrected chi connectivity index (χ4v) is 2.25. The Bertz CT molecular complexity index is 294. The Labute approximate surface area is 87.7 Å². The fraction of sp³-hybridized carbons (Fsp3) is 0.778. The summed E-state index contributed by atoms with van der Waals surface area (Å²) in [6.07, 6.45) is 0. The van der Waals surface area contributed by atoms with Crippen molar-refractivity contribution < 1.29 is 4.74 Å². The van der Waals surface area contributed by atoms with Gasteiger partial charge >= 0.3 is 0 Å². The van der Waals surface area contributed by atoms with Gasteiger partial charge in [0, 0.05) is 12.5 Å². The first kappa shape index (κ1) is 10.0. The standard InChI is InChI=1S/C9H15N3OS/c1-6(2)8-11-12-9(14-8)7-5-13-4-3-10-7/h6-7,10H,3-5H2,1-2H3. The number of nitrogens with one attached hydrogen (secondary N) is 1. The van der Waals surface area contributed by atoms with E-state index < -0.39 is 0 Å². The van der Waals surface area contributed by atoms with Gasteiger partial charge in [-0.15, -0.1) is 10.2 Å². The van der Waals surface area contributed by atoms with Crippen molar-refractivity contribution in [3.05, 3.63) is 10.0 Å². The van der Waals surface area contributed by atoms with Crippen LogP contribution in [0.1, 0.15) is 35.8 Å².